The van der Waals surface area contributed by atoms with Crippen molar-refractivity contribution in [3.63, 3.8) is 0 Å². The number of nitrogens with zero attached hydrogens (tertiary/aromatic N) is 1. The van der Waals surface area contributed by atoms with Gasteiger partial charge in [0.1, 0.15) is 17.3 Å². The molecule has 0 amide bonds. The molecule has 0 aliphatic rings. The normalized spacial score (nSPS) is 12.3. The van der Waals surface area contributed by atoms with E-state index >= 15 is 0 Å². The number of carboxylic acids is 1. The third-order valence-corrected chi connectivity index (χ3v) is 3.89. The molecule has 1 aromatic heterocycles. The van der Waals surface area contributed by atoms with Gasteiger partial charge in [0.25, 0.3) is 0 Å². The van der Waals surface area contributed by atoms with Crippen molar-refractivity contribution >= 4 is 21.9 Å². The number of hydrogen-bond donors (Lipinski definition) is 2. The summed E-state index contributed by atoms with van der Waals surface area (Å²) in [4.78, 5) is 18.6. The molecule has 2 aromatic rings. The second-order valence-electron chi connectivity index (χ2n) is 4.43. The van der Waals surface area contributed by atoms with Crippen molar-refractivity contribution in [2.75, 3.05) is 0 Å². The molecule has 4 nitrogen and oxygen atoms in total. The number of nitrogens with one attached hydrogen (secondary N) is 1. The molecule has 0 radical (unpaired) electrons. The van der Waals surface area contributed by atoms with Gasteiger partial charge in [-0.3, -0.25) is 0 Å². The Hall–Kier alpha value is -1.69. The zero-order valence-electron chi connectivity index (χ0n) is 10.9. The highest BCUT2D eigenvalue weighted by Crippen LogP contribution is 2.24. The third kappa shape index (κ3) is 3.25. The summed E-state index contributed by atoms with van der Waals surface area (Å²) in [6, 6.07) is 5.76. The molecule has 2 N–H and O–H groups in total. The van der Waals surface area contributed by atoms with Gasteiger partial charge in [0.05, 0.1) is 0 Å². The number of benzene rings is 1. The van der Waals surface area contributed by atoms with Crippen molar-refractivity contribution in [2.24, 2.45) is 0 Å². The van der Waals surface area contributed by atoms with Crippen molar-refractivity contribution in [1.29, 1.82) is 0 Å². The summed E-state index contributed by atoms with van der Waals surface area (Å²) in [6.07, 6.45) is 1.49. The van der Waals surface area contributed by atoms with Crippen LogP contribution in [0.3, 0.4) is 0 Å². The number of aromatic nitrogens is 2. The molecule has 1 heterocycles. The Bertz CT molecular complexity index is 627. The van der Waals surface area contributed by atoms with Gasteiger partial charge in [-0.05, 0) is 18.6 Å². The van der Waals surface area contributed by atoms with Gasteiger partial charge in [-0.1, -0.05) is 35.0 Å². The Balaban J connectivity index is 2.43. The first-order chi connectivity index (χ1) is 9.51. The lowest BCUT2D eigenvalue weighted by Gasteiger charge is -2.02. The van der Waals surface area contributed by atoms with Crippen molar-refractivity contribution in [3.8, 4) is 11.3 Å². The zero-order chi connectivity index (χ0) is 14.7. The Morgan fingerprint density at radius 1 is 1.55 bits per heavy atom. The van der Waals surface area contributed by atoms with Crippen LogP contribution in [0.25, 0.3) is 11.3 Å². The van der Waals surface area contributed by atoms with Crippen LogP contribution >= 0.6 is 15.9 Å². The molecule has 0 fully saturated rings. The van der Waals surface area contributed by atoms with Crippen LogP contribution in [0.5, 0.6) is 0 Å². The fourth-order valence-corrected chi connectivity index (χ4v) is 2.18. The van der Waals surface area contributed by atoms with Gasteiger partial charge in [0.15, 0.2) is 5.69 Å². The fraction of sp³-hybridized carbons (Fsp3) is 0.286. The fourth-order valence-electron chi connectivity index (χ4n) is 1.87. The van der Waals surface area contributed by atoms with E-state index in [0.29, 0.717) is 17.8 Å². The smallest absolute Gasteiger partial charge is 0.354 e. The Morgan fingerprint density at radius 3 is 2.90 bits per heavy atom. The maximum absolute atomic E-state index is 13.3. The molecular formula is C14H14BrFN2O2. The zero-order valence-corrected chi connectivity index (χ0v) is 12.4. The van der Waals surface area contributed by atoms with Crippen molar-refractivity contribution in [1.82, 2.24) is 9.97 Å². The molecule has 0 saturated carbocycles. The van der Waals surface area contributed by atoms with Crippen LogP contribution in [0.1, 0.15) is 29.7 Å². The highest BCUT2D eigenvalue weighted by atomic mass is 79.9. The summed E-state index contributed by atoms with van der Waals surface area (Å²) >= 11 is 3.48. The van der Waals surface area contributed by atoms with Crippen LogP contribution in [0, 0.1) is 5.82 Å². The number of halogens is 2. The Kier molecular flexibility index (Phi) is 4.54. The van der Waals surface area contributed by atoms with Crippen molar-refractivity contribution in [2.45, 2.75) is 24.6 Å². The van der Waals surface area contributed by atoms with E-state index in [4.69, 9.17) is 0 Å². The highest BCUT2D eigenvalue weighted by molar-refractivity contribution is 9.09. The maximum atomic E-state index is 13.3. The second kappa shape index (κ2) is 6.17. The predicted octanol–water partition coefficient (Wildman–Crippen LogP) is 3.63. The molecule has 6 heteroatoms. The molecule has 2 rings (SSSR count). The highest BCUT2D eigenvalue weighted by Gasteiger charge is 2.19. The lowest BCUT2D eigenvalue weighted by molar-refractivity contribution is 0.0692. The molecule has 0 aliphatic carbocycles. The molecule has 106 valence electrons. The first kappa shape index (κ1) is 14.7. The monoisotopic (exact) mass is 340 g/mol. The average molecular weight is 341 g/mol. The summed E-state index contributed by atoms with van der Waals surface area (Å²) in [7, 11) is 0. The van der Waals surface area contributed by atoms with Gasteiger partial charge in [-0.15, -0.1) is 0 Å². The van der Waals surface area contributed by atoms with Crippen LogP contribution in [-0.4, -0.2) is 25.9 Å². The number of hydrogen-bond acceptors (Lipinski definition) is 2. The molecule has 0 bridgehead atoms. The molecule has 1 atom stereocenters. The second-order valence-corrected chi connectivity index (χ2v) is 5.73. The van der Waals surface area contributed by atoms with Crippen LogP contribution in [-0.2, 0) is 6.42 Å². The number of rotatable bonds is 5. The van der Waals surface area contributed by atoms with E-state index in [0.717, 1.165) is 6.42 Å². The van der Waals surface area contributed by atoms with Crippen LogP contribution in [0.15, 0.2) is 24.3 Å². The van der Waals surface area contributed by atoms with Gasteiger partial charge in [-0.2, -0.15) is 0 Å². The van der Waals surface area contributed by atoms with Gasteiger partial charge in [-0.25, -0.2) is 14.2 Å². The lowest BCUT2D eigenvalue weighted by atomic mass is 10.1. The molecule has 1 unspecified atom stereocenters. The largest absolute Gasteiger partial charge is 0.477 e. The standard InChI is InChI=1S/C14H14BrFN2O2/c1-2-9(15)7-11-17-12(13(18-11)14(19)20)8-4-3-5-10(16)6-8/h3-6,9H,2,7H2,1H3,(H,17,18)(H,19,20). The quantitative estimate of drug-likeness (QED) is 0.816. The third-order valence-electron chi connectivity index (χ3n) is 2.92. The minimum Gasteiger partial charge on any atom is -0.477 e. The van der Waals surface area contributed by atoms with Crippen molar-refractivity contribution < 1.29 is 14.3 Å². The van der Waals surface area contributed by atoms with Gasteiger partial charge < -0.3 is 10.1 Å². The SMILES string of the molecule is CCC(Br)Cc1nc(-c2cccc(F)c2)c(C(=O)O)[nH]1. The van der Waals surface area contributed by atoms with Gasteiger partial charge in [0, 0.05) is 16.8 Å². The van der Waals surface area contributed by atoms with Gasteiger partial charge in [0.2, 0.25) is 0 Å². The summed E-state index contributed by atoms with van der Waals surface area (Å²) in [6.45, 7) is 2.02. The predicted molar refractivity (Wildman–Crippen MR) is 77.7 cm³/mol. The molecule has 0 aliphatic heterocycles. The summed E-state index contributed by atoms with van der Waals surface area (Å²) < 4.78 is 13.3. The summed E-state index contributed by atoms with van der Waals surface area (Å²) in [5, 5.41) is 9.22. The molecule has 1 aromatic carbocycles. The van der Waals surface area contributed by atoms with E-state index in [1.807, 2.05) is 6.92 Å². The van der Waals surface area contributed by atoms with Crippen molar-refractivity contribution in [3.05, 3.63) is 41.6 Å². The number of aromatic carboxylic acids is 1. The van der Waals surface area contributed by atoms with E-state index in [9.17, 15) is 14.3 Å². The topological polar surface area (TPSA) is 66.0 Å². The van der Waals surface area contributed by atoms with E-state index < -0.39 is 11.8 Å². The van der Waals surface area contributed by atoms with Crippen LogP contribution < -0.4 is 0 Å². The van der Waals surface area contributed by atoms with Gasteiger partial charge >= 0.3 is 5.97 Å². The van der Waals surface area contributed by atoms with E-state index in [1.54, 1.807) is 6.07 Å². The number of H-pyrrole nitrogens is 1. The lowest BCUT2D eigenvalue weighted by Crippen LogP contribution is -2.03. The average Bonchev–Trinajstić information content (AvgIpc) is 2.82. The van der Waals surface area contributed by atoms with E-state index in [-0.39, 0.29) is 16.2 Å². The minimum atomic E-state index is -1.11. The number of imidazole rings is 1. The molecule has 0 saturated heterocycles. The minimum absolute atomic E-state index is 0.0126. The van der Waals surface area contributed by atoms with E-state index in [2.05, 4.69) is 25.9 Å². The molecule has 20 heavy (non-hydrogen) atoms. The number of alkyl halides is 1. The number of carboxylic acid groups (broad SMARTS) is 1. The first-order valence-electron chi connectivity index (χ1n) is 6.23. The Labute approximate surface area is 124 Å². The number of carbonyl (C=O) groups is 1. The molecule has 0 spiro atoms. The number of aromatic amines is 1. The summed E-state index contributed by atoms with van der Waals surface area (Å²) in [5.74, 6) is -0.952. The van der Waals surface area contributed by atoms with Crippen LogP contribution in [0.4, 0.5) is 4.39 Å². The van der Waals surface area contributed by atoms with E-state index in [1.165, 1.54) is 18.2 Å². The Morgan fingerprint density at radius 2 is 2.30 bits per heavy atom. The maximum Gasteiger partial charge on any atom is 0.354 e. The molecular weight excluding hydrogens is 327 g/mol. The van der Waals surface area contributed by atoms with Crippen LogP contribution in [0.2, 0.25) is 0 Å². The summed E-state index contributed by atoms with van der Waals surface area (Å²) in [5.41, 5.74) is 0.705. The first-order valence-corrected chi connectivity index (χ1v) is 7.15.